The van der Waals surface area contributed by atoms with Crippen molar-refractivity contribution in [1.82, 2.24) is 4.98 Å². The maximum Gasteiger partial charge on any atom is 0.260 e. The van der Waals surface area contributed by atoms with Crippen molar-refractivity contribution in [2.24, 2.45) is 0 Å². The van der Waals surface area contributed by atoms with Crippen molar-refractivity contribution >= 4 is 32.6 Å². The number of hydrogen-bond donors (Lipinski definition) is 0. The Morgan fingerprint density at radius 2 is 1.84 bits per heavy atom. The third kappa shape index (κ3) is 4.64. The van der Waals surface area contributed by atoms with Crippen molar-refractivity contribution in [2.45, 2.75) is 46.3 Å². The molecular formula is C25H26N2O3S. The van der Waals surface area contributed by atoms with Crippen LogP contribution in [0.1, 0.15) is 55.3 Å². The number of thiazole rings is 1. The number of ether oxygens (including phenoxy) is 1. The Labute approximate surface area is 186 Å². The van der Waals surface area contributed by atoms with Gasteiger partial charge in [0.25, 0.3) is 5.91 Å². The molecule has 0 aliphatic carbocycles. The molecule has 0 aliphatic heterocycles. The highest BCUT2D eigenvalue weighted by molar-refractivity contribution is 7.22. The van der Waals surface area contributed by atoms with Gasteiger partial charge in [0.15, 0.2) is 5.13 Å². The van der Waals surface area contributed by atoms with Crippen LogP contribution in [0.2, 0.25) is 0 Å². The molecule has 5 nitrogen and oxygen atoms in total. The Balaban J connectivity index is 1.72. The molecule has 0 bridgehead atoms. The molecule has 1 amide bonds. The van der Waals surface area contributed by atoms with Crippen LogP contribution in [0.25, 0.3) is 10.2 Å². The lowest BCUT2D eigenvalue weighted by molar-refractivity contribution is 0.0983. The second kappa shape index (κ2) is 8.94. The molecule has 31 heavy (non-hydrogen) atoms. The summed E-state index contributed by atoms with van der Waals surface area (Å²) in [6.45, 7) is 8.57. The van der Waals surface area contributed by atoms with Gasteiger partial charge in [0.05, 0.1) is 29.1 Å². The molecular weight excluding hydrogens is 408 g/mol. The fourth-order valence-corrected chi connectivity index (χ4v) is 4.43. The minimum Gasteiger partial charge on any atom is -0.491 e. The third-order valence-electron chi connectivity index (χ3n) is 4.90. The van der Waals surface area contributed by atoms with Crippen molar-refractivity contribution in [1.29, 1.82) is 0 Å². The molecule has 0 spiro atoms. The van der Waals surface area contributed by atoms with Gasteiger partial charge in [-0.05, 0) is 67.8 Å². The van der Waals surface area contributed by atoms with Crippen LogP contribution >= 0.6 is 11.3 Å². The number of fused-ring (bicyclic) bond motifs is 1. The van der Waals surface area contributed by atoms with Gasteiger partial charge in [-0.25, -0.2) is 4.98 Å². The zero-order valence-electron chi connectivity index (χ0n) is 18.2. The van der Waals surface area contributed by atoms with E-state index in [9.17, 15) is 4.79 Å². The van der Waals surface area contributed by atoms with E-state index in [-0.39, 0.29) is 12.0 Å². The van der Waals surface area contributed by atoms with Crippen LogP contribution in [0.15, 0.2) is 65.3 Å². The molecule has 0 fully saturated rings. The molecule has 2 aromatic carbocycles. The lowest BCUT2D eigenvalue weighted by Gasteiger charge is -2.19. The molecule has 0 saturated heterocycles. The summed E-state index contributed by atoms with van der Waals surface area (Å²) in [7, 11) is 0. The van der Waals surface area contributed by atoms with Crippen molar-refractivity contribution in [3.8, 4) is 5.75 Å². The van der Waals surface area contributed by atoms with Gasteiger partial charge < -0.3 is 9.15 Å². The van der Waals surface area contributed by atoms with Gasteiger partial charge in [-0.3, -0.25) is 9.69 Å². The Bertz CT molecular complexity index is 1160. The molecule has 160 valence electrons. The lowest BCUT2D eigenvalue weighted by atomic mass is 10.0. The maximum atomic E-state index is 13.5. The van der Waals surface area contributed by atoms with Gasteiger partial charge in [-0.2, -0.15) is 0 Å². The monoisotopic (exact) mass is 434 g/mol. The quantitative estimate of drug-likeness (QED) is 0.327. The Hall–Kier alpha value is -3.12. The summed E-state index contributed by atoms with van der Waals surface area (Å²) in [5, 5.41) is 0.659. The first-order chi connectivity index (χ1) is 14.9. The normalized spacial score (nSPS) is 11.4. The van der Waals surface area contributed by atoms with E-state index in [2.05, 4.69) is 26.0 Å². The Morgan fingerprint density at radius 1 is 1.06 bits per heavy atom. The maximum absolute atomic E-state index is 13.5. The molecule has 0 radical (unpaired) electrons. The number of hydrogen-bond acceptors (Lipinski definition) is 5. The molecule has 2 aromatic heterocycles. The summed E-state index contributed by atoms with van der Waals surface area (Å²) >= 11 is 1.52. The molecule has 4 aromatic rings. The second-order valence-corrected chi connectivity index (χ2v) is 9.02. The lowest BCUT2D eigenvalue weighted by Crippen LogP contribution is -2.30. The van der Waals surface area contributed by atoms with Gasteiger partial charge >= 0.3 is 0 Å². The van der Waals surface area contributed by atoms with Crippen LogP contribution in [-0.2, 0) is 6.54 Å². The van der Waals surface area contributed by atoms with Gasteiger partial charge in [0, 0.05) is 5.56 Å². The summed E-state index contributed by atoms with van der Waals surface area (Å²) in [6, 6.07) is 17.1. The van der Waals surface area contributed by atoms with Crippen LogP contribution in [0.4, 0.5) is 5.13 Å². The third-order valence-corrected chi connectivity index (χ3v) is 5.95. The number of carbonyl (C=O) groups is 1. The average Bonchev–Trinajstić information content (AvgIpc) is 3.40. The zero-order valence-corrected chi connectivity index (χ0v) is 19.0. The summed E-state index contributed by atoms with van der Waals surface area (Å²) in [5.74, 6) is 1.67. The van der Waals surface area contributed by atoms with E-state index < -0.39 is 0 Å². The summed E-state index contributed by atoms with van der Waals surface area (Å²) < 4.78 is 12.3. The first-order valence-electron chi connectivity index (χ1n) is 10.4. The minimum atomic E-state index is -0.127. The Morgan fingerprint density at radius 3 is 2.48 bits per heavy atom. The highest BCUT2D eigenvalue weighted by Gasteiger charge is 2.24. The number of benzene rings is 2. The van der Waals surface area contributed by atoms with E-state index >= 15 is 0 Å². The summed E-state index contributed by atoms with van der Waals surface area (Å²) in [6.07, 6.45) is 1.69. The molecule has 4 rings (SSSR count). The topological polar surface area (TPSA) is 55.6 Å². The number of amides is 1. The number of rotatable bonds is 7. The number of nitrogens with zero attached hydrogens (tertiary/aromatic N) is 2. The molecule has 0 saturated carbocycles. The predicted octanol–water partition coefficient (Wildman–Crippen LogP) is 6.65. The van der Waals surface area contributed by atoms with Crippen molar-refractivity contribution in [3.63, 3.8) is 0 Å². The van der Waals surface area contributed by atoms with Gasteiger partial charge in [-0.1, -0.05) is 37.3 Å². The van der Waals surface area contributed by atoms with E-state index in [4.69, 9.17) is 14.1 Å². The highest BCUT2D eigenvalue weighted by atomic mass is 32.1. The zero-order chi connectivity index (χ0) is 22.0. The van der Waals surface area contributed by atoms with Crippen LogP contribution in [0, 0.1) is 0 Å². The number of aromatic nitrogens is 1. The summed E-state index contributed by atoms with van der Waals surface area (Å²) in [4.78, 5) is 20.1. The highest BCUT2D eigenvalue weighted by Crippen LogP contribution is 2.35. The molecule has 0 N–H and O–H groups in total. The number of anilines is 1. The standard InChI is InChI=1S/C25H26N2O3S/c1-16(2)21-8-5-9-22-23(21)26-25(31-22)27(15-20-7-6-14-29-20)24(28)18-10-12-19(13-11-18)30-17(3)4/h5-14,16-17H,15H2,1-4H3. The molecule has 0 unspecified atom stereocenters. The van der Waals surface area contributed by atoms with E-state index in [1.807, 2.05) is 44.2 Å². The van der Waals surface area contributed by atoms with Crippen molar-refractivity contribution in [2.75, 3.05) is 4.90 Å². The predicted molar refractivity (Wildman–Crippen MR) is 125 cm³/mol. The number of carbonyl (C=O) groups excluding carboxylic acids is 1. The van der Waals surface area contributed by atoms with E-state index in [1.54, 1.807) is 23.3 Å². The molecule has 6 heteroatoms. The van der Waals surface area contributed by atoms with Gasteiger partial charge in [0.2, 0.25) is 0 Å². The van der Waals surface area contributed by atoms with Crippen LogP contribution in [0.3, 0.4) is 0 Å². The molecule has 0 aliphatic rings. The van der Waals surface area contributed by atoms with Crippen LogP contribution in [-0.4, -0.2) is 17.0 Å². The van der Waals surface area contributed by atoms with Crippen LogP contribution in [0.5, 0.6) is 5.75 Å². The van der Waals surface area contributed by atoms with Crippen molar-refractivity contribution < 1.29 is 13.9 Å². The van der Waals surface area contributed by atoms with Crippen molar-refractivity contribution in [3.05, 3.63) is 77.7 Å². The van der Waals surface area contributed by atoms with E-state index in [0.717, 1.165) is 16.0 Å². The largest absolute Gasteiger partial charge is 0.491 e. The number of para-hydroxylation sites is 1. The van der Waals surface area contributed by atoms with Gasteiger partial charge in [-0.15, -0.1) is 0 Å². The Kier molecular flexibility index (Phi) is 6.09. The van der Waals surface area contributed by atoms with E-state index in [1.165, 1.54) is 16.9 Å². The van der Waals surface area contributed by atoms with Gasteiger partial charge in [0.1, 0.15) is 11.5 Å². The minimum absolute atomic E-state index is 0.0786. The number of furan rings is 1. The first kappa shape index (κ1) is 21.1. The SMILES string of the molecule is CC(C)Oc1ccc(C(=O)N(Cc2ccco2)c2nc3c(C(C)C)cccc3s2)cc1. The fourth-order valence-electron chi connectivity index (χ4n) is 3.43. The first-order valence-corrected chi connectivity index (χ1v) is 11.2. The average molecular weight is 435 g/mol. The summed E-state index contributed by atoms with van der Waals surface area (Å²) in [5.41, 5.74) is 2.71. The van der Waals surface area contributed by atoms with Crippen LogP contribution < -0.4 is 9.64 Å². The smallest absolute Gasteiger partial charge is 0.260 e. The molecule has 0 atom stereocenters. The molecule has 2 heterocycles. The van der Waals surface area contributed by atoms with E-state index in [0.29, 0.717) is 28.9 Å². The fraction of sp³-hybridized carbons (Fsp3) is 0.280. The second-order valence-electron chi connectivity index (χ2n) is 8.01.